The van der Waals surface area contributed by atoms with Crippen molar-refractivity contribution in [2.45, 2.75) is 13.3 Å². The Morgan fingerprint density at radius 1 is 1.67 bits per heavy atom. The molecule has 2 heterocycles. The van der Waals surface area contributed by atoms with Crippen LogP contribution in [0.1, 0.15) is 13.3 Å². The number of H-pyrrole nitrogens is 1. The quantitative estimate of drug-likeness (QED) is 0.676. The van der Waals surface area contributed by atoms with Gasteiger partial charge in [0.2, 0.25) is 0 Å². The fraction of sp³-hybridized carbons (Fsp3) is 0.429. The molecule has 2 aromatic heterocycles. The van der Waals surface area contributed by atoms with Crippen LogP contribution in [0.25, 0.3) is 11.3 Å². The summed E-state index contributed by atoms with van der Waals surface area (Å²) >= 11 is 0. The Morgan fingerprint density at radius 2 is 2.47 bits per heavy atom. The van der Waals surface area contributed by atoms with Crippen molar-refractivity contribution in [2.75, 3.05) is 6.61 Å². The number of hydrogen-bond acceptors (Lipinski definition) is 6. The second kappa shape index (κ2) is 3.56. The molecular formula is C7H8N4O4. The van der Waals surface area contributed by atoms with Gasteiger partial charge in [0.25, 0.3) is 0 Å². The third-order valence-electron chi connectivity index (χ3n) is 1.67. The van der Waals surface area contributed by atoms with E-state index in [1.54, 1.807) is 0 Å². The molecule has 0 aliphatic heterocycles. The van der Waals surface area contributed by atoms with Crippen LogP contribution in [-0.2, 0) is 0 Å². The number of aromatic nitrogens is 4. The molecule has 0 aromatic carbocycles. The van der Waals surface area contributed by atoms with E-state index in [-0.39, 0.29) is 22.1 Å². The summed E-state index contributed by atoms with van der Waals surface area (Å²) in [5.74, 6) is -0.155. The summed E-state index contributed by atoms with van der Waals surface area (Å²) in [5.41, 5.74) is -0.649. The molecule has 80 valence electrons. The zero-order valence-electron chi connectivity index (χ0n) is 7.89. The molecule has 1 N–H and O–H groups in total. The number of rotatable bonds is 3. The van der Waals surface area contributed by atoms with Gasteiger partial charge in [-0.15, -0.1) is 0 Å². The van der Waals surface area contributed by atoms with Crippen LogP contribution in [0.2, 0.25) is 0 Å². The van der Waals surface area contributed by atoms with Crippen molar-refractivity contribution >= 4 is 11.3 Å². The number of aromatic amines is 1. The summed E-state index contributed by atoms with van der Waals surface area (Å²) in [6.07, 6.45) is 0.736. The van der Waals surface area contributed by atoms with Gasteiger partial charge in [-0.2, -0.15) is 0 Å². The lowest BCUT2D eigenvalue weighted by Crippen LogP contribution is -2.25. The first-order valence-electron chi connectivity index (χ1n) is 4.35. The smallest absolute Gasteiger partial charge is 0.363 e. The minimum absolute atomic E-state index is 0.00107. The van der Waals surface area contributed by atoms with E-state index in [0.717, 1.165) is 6.42 Å². The van der Waals surface area contributed by atoms with Gasteiger partial charge in [-0.05, 0) is 11.6 Å². The first-order valence-corrected chi connectivity index (χ1v) is 4.35. The van der Waals surface area contributed by atoms with Crippen LogP contribution < -0.4 is 15.2 Å². The van der Waals surface area contributed by atoms with Crippen LogP contribution in [0, 0.1) is 5.21 Å². The lowest BCUT2D eigenvalue weighted by atomic mass is 10.5. The molecule has 0 radical (unpaired) electrons. The Labute approximate surface area is 83.0 Å². The molecule has 0 atom stereocenters. The van der Waals surface area contributed by atoms with E-state index in [1.807, 2.05) is 6.92 Å². The van der Waals surface area contributed by atoms with Crippen LogP contribution in [0.3, 0.4) is 0 Å². The van der Waals surface area contributed by atoms with Crippen molar-refractivity contribution in [3.8, 4) is 5.88 Å². The second-order valence-corrected chi connectivity index (χ2v) is 2.82. The Bertz CT molecular complexity index is 531. The van der Waals surface area contributed by atoms with Gasteiger partial charge in [0, 0.05) is 0 Å². The number of nitrogens with one attached hydrogen (secondary N) is 1. The Hall–Kier alpha value is -2.12. The fourth-order valence-electron chi connectivity index (χ4n) is 1.02. The SMILES string of the molecule is CCCOc1nc2c(no[n+]2[O-])[nH]c1=O. The van der Waals surface area contributed by atoms with Crippen LogP contribution >= 0.6 is 0 Å². The molecule has 0 fully saturated rings. The molecular weight excluding hydrogens is 204 g/mol. The van der Waals surface area contributed by atoms with Crippen molar-refractivity contribution in [2.24, 2.45) is 0 Å². The molecule has 0 saturated heterocycles. The third kappa shape index (κ3) is 1.60. The van der Waals surface area contributed by atoms with E-state index >= 15 is 0 Å². The summed E-state index contributed by atoms with van der Waals surface area (Å²) in [5, 5.41) is 14.3. The average Bonchev–Trinajstić information content (AvgIpc) is 2.57. The molecule has 0 aliphatic carbocycles. The largest absolute Gasteiger partial charge is 0.462 e. The van der Waals surface area contributed by atoms with E-state index < -0.39 is 5.56 Å². The zero-order chi connectivity index (χ0) is 10.8. The van der Waals surface area contributed by atoms with Crippen molar-refractivity contribution in [1.82, 2.24) is 15.1 Å². The number of ether oxygens (including phenoxy) is 1. The van der Waals surface area contributed by atoms with Gasteiger partial charge in [-0.25, -0.2) is 0 Å². The van der Waals surface area contributed by atoms with Crippen molar-refractivity contribution in [1.29, 1.82) is 0 Å². The van der Waals surface area contributed by atoms with Gasteiger partial charge in [0.05, 0.1) is 6.61 Å². The van der Waals surface area contributed by atoms with Crippen LogP contribution in [0.5, 0.6) is 5.88 Å². The summed E-state index contributed by atoms with van der Waals surface area (Å²) in [4.78, 5) is 17.4. The van der Waals surface area contributed by atoms with Gasteiger partial charge in [-0.3, -0.25) is 9.78 Å². The van der Waals surface area contributed by atoms with Crippen LogP contribution in [-0.4, -0.2) is 21.7 Å². The van der Waals surface area contributed by atoms with Gasteiger partial charge in [0.15, 0.2) is 0 Å². The molecule has 8 heteroatoms. The Kier molecular flexibility index (Phi) is 2.24. The van der Waals surface area contributed by atoms with Gasteiger partial charge in [0.1, 0.15) is 0 Å². The molecule has 2 aromatic rings. The molecule has 0 unspecified atom stereocenters. The summed E-state index contributed by atoms with van der Waals surface area (Å²) in [6.45, 7) is 2.24. The lowest BCUT2D eigenvalue weighted by Gasteiger charge is -1.97. The minimum atomic E-state index is -0.537. The van der Waals surface area contributed by atoms with Gasteiger partial charge >= 0.3 is 22.7 Å². The molecule has 0 saturated carbocycles. The summed E-state index contributed by atoms with van der Waals surface area (Å²) in [7, 11) is 0. The Balaban J connectivity index is 2.50. The molecule has 0 spiro atoms. The zero-order valence-corrected chi connectivity index (χ0v) is 7.89. The van der Waals surface area contributed by atoms with Crippen molar-refractivity contribution in [3.63, 3.8) is 0 Å². The van der Waals surface area contributed by atoms with Crippen LogP contribution in [0.4, 0.5) is 0 Å². The van der Waals surface area contributed by atoms with Gasteiger partial charge in [-0.1, -0.05) is 16.8 Å². The number of nitrogens with zero attached hydrogens (tertiary/aromatic N) is 3. The fourth-order valence-corrected chi connectivity index (χ4v) is 1.02. The van der Waals surface area contributed by atoms with Crippen LogP contribution in [0.15, 0.2) is 9.42 Å². The monoisotopic (exact) mass is 212 g/mol. The maximum Gasteiger partial charge on any atom is 0.363 e. The molecule has 2 rings (SSSR count). The van der Waals surface area contributed by atoms with E-state index in [1.165, 1.54) is 0 Å². The first-order chi connectivity index (χ1) is 7.22. The van der Waals surface area contributed by atoms with Crippen molar-refractivity contribution in [3.05, 3.63) is 15.6 Å². The second-order valence-electron chi connectivity index (χ2n) is 2.82. The molecule has 15 heavy (non-hydrogen) atoms. The summed E-state index contributed by atoms with van der Waals surface area (Å²) in [6, 6.07) is 0. The highest BCUT2D eigenvalue weighted by Crippen LogP contribution is 2.03. The number of hydrogen-bond donors (Lipinski definition) is 1. The highest BCUT2D eigenvalue weighted by molar-refractivity contribution is 5.59. The molecule has 0 amide bonds. The topological polar surface area (TPSA) is 108 Å². The predicted molar refractivity (Wildman–Crippen MR) is 47.2 cm³/mol. The van der Waals surface area contributed by atoms with Gasteiger partial charge < -0.3 is 14.6 Å². The molecule has 8 nitrogen and oxygen atoms in total. The third-order valence-corrected chi connectivity index (χ3v) is 1.67. The minimum Gasteiger partial charge on any atom is -0.462 e. The standard InChI is InChI=1S/C7H8N4O4/c1-2-3-14-7-6(12)8-4-5(9-7)11(13)15-10-4/h2-3H2,1H3,(H,8,10,12). The normalized spacial score (nSPS) is 10.7. The Morgan fingerprint density at radius 3 is 3.20 bits per heavy atom. The highest BCUT2D eigenvalue weighted by Gasteiger charge is 2.17. The van der Waals surface area contributed by atoms with Crippen molar-refractivity contribution < 1.29 is 14.3 Å². The van der Waals surface area contributed by atoms with E-state index in [2.05, 4.69) is 19.8 Å². The highest BCUT2D eigenvalue weighted by atomic mass is 16.8. The maximum absolute atomic E-state index is 11.3. The first kappa shape index (κ1) is 9.44. The predicted octanol–water partition coefficient (Wildman–Crippen LogP) is -0.667. The van der Waals surface area contributed by atoms with E-state index in [9.17, 15) is 10.0 Å². The van der Waals surface area contributed by atoms with E-state index in [4.69, 9.17) is 4.74 Å². The maximum atomic E-state index is 11.3. The summed E-state index contributed by atoms with van der Waals surface area (Å²) < 4.78 is 9.29. The molecule has 0 aliphatic rings. The lowest BCUT2D eigenvalue weighted by molar-refractivity contribution is -0.783. The molecule has 0 bridgehead atoms. The number of fused-ring (bicyclic) bond motifs is 1. The van der Waals surface area contributed by atoms with E-state index in [0.29, 0.717) is 6.61 Å². The average molecular weight is 212 g/mol.